The van der Waals surface area contributed by atoms with Gasteiger partial charge in [0, 0.05) is 38.2 Å². The van der Waals surface area contributed by atoms with Gasteiger partial charge in [-0.05, 0) is 101 Å². The van der Waals surface area contributed by atoms with Crippen LogP contribution < -0.4 is 0 Å². The summed E-state index contributed by atoms with van der Waals surface area (Å²) in [6.07, 6.45) is 6.56. The number of hydrogen-bond donors (Lipinski definition) is 0. The van der Waals surface area contributed by atoms with E-state index in [2.05, 4.69) is 135 Å². The quantitative estimate of drug-likeness (QED) is 0.175. The monoisotopic (exact) mass is 765 g/mol. The number of rotatable bonds is 5. The Labute approximate surface area is 342 Å². The van der Waals surface area contributed by atoms with Crippen molar-refractivity contribution in [2.24, 2.45) is 17.8 Å². The summed E-state index contributed by atoms with van der Waals surface area (Å²) in [5, 5.41) is 6.51. The highest BCUT2D eigenvalue weighted by atomic mass is 16.3. The summed E-state index contributed by atoms with van der Waals surface area (Å²) in [4.78, 5) is 15.9. The number of nitrogens with zero attached hydrogens (tertiary/aromatic N) is 3. The van der Waals surface area contributed by atoms with Gasteiger partial charge >= 0.3 is 0 Å². The van der Waals surface area contributed by atoms with E-state index in [0.717, 1.165) is 100 Å². The molecule has 0 aliphatic heterocycles. The van der Waals surface area contributed by atoms with Crippen LogP contribution in [0.2, 0.25) is 0 Å². The molecule has 7 aromatic carbocycles. The Morgan fingerprint density at radius 2 is 0.915 bits per heavy atom. The SMILES string of the molecule is CC1CC2CC(C)CC(c3ccc(-c4nc(-c5ccc(-c6cccc7c6oc6ccccc67)c6ccccc56)nc(-c5cccc6c5oc5ccccc56)n4)cc3)(C1)C2. The maximum absolute atomic E-state index is 6.55. The lowest BCUT2D eigenvalue weighted by molar-refractivity contribution is 0.0780. The van der Waals surface area contributed by atoms with Gasteiger partial charge in [-0.25, -0.2) is 15.0 Å². The van der Waals surface area contributed by atoms with Crippen LogP contribution in [0, 0.1) is 17.8 Å². The van der Waals surface area contributed by atoms with Crippen molar-refractivity contribution in [3.63, 3.8) is 0 Å². The first-order valence-corrected chi connectivity index (χ1v) is 21.2. The highest BCUT2D eigenvalue weighted by Crippen LogP contribution is 2.54. The van der Waals surface area contributed by atoms with Crippen molar-refractivity contribution in [1.29, 1.82) is 0 Å². The Hall–Kier alpha value is -6.59. The van der Waals surface area contributed by atoms with Crippen LogP contribution in [0.25, 0.3) is 99.9 Å². The molecule has 286 valence electrons. The Kier molecular flexibility index (Phi) is 7.72. The normalized spacial score (nSPS) is 20.6. The Morgan fingerprint density at radius 1 is 0.424 bits per heavy atom. The fourth-order valence-electron chi connectivity index (χ4n) is 11.4. The molecule has 2 bridgehead atoms. The first-order chi connectivity index (χ1) is 29.0. The van der Waals surface area contributed by atoms with E-state index in [9.17, 15) is 0 Å². The smallest absolute Gasteiger partial charge is 0.167 e. The lowest BCUT2D eigenvalue weighted by Crippen LogP contribution is -2.42. The molecule has 12 rings (SSSR count). The highest BCUT2D eigenvalue weighted by molar-refractivity contribution is 6.14. The Balaban J connectivity index is 1.04. The van der Waals surface area contributed by atoms with E-state index in [1.54, 1.807) is 0 Å². The Bertz CT molecular complexity index is 3250. The summed E-state index contributed by atoms with van der Waals surface area (Å²) >= 11 is 0. The first-order valence-electron chi connectivity index (χ1n) is 21.2. The first kappa shape index (κ1) is 34.5. The fraction of sp³-hybridized carbons (Fsp3) is 0.204. The number of aromatic nitrogens is 3. The maximum atomic E-state index is 6.55. The second-order valence-electron chi connectivity index (χ2n) is 17.6. The van der Waals surface area contributed by atoms with Gasteiger partial charge in [-0.2, -0.15) is 0 Å². The van der Waals surface area contributed by atoms with Crippen molar-refractivity contribution < 1.29 is 8.83 Å². The summed E-state index contributed by atoms with van der Waals surface area (Å²) in [5.41, 5.74) is 10.0. The zero-order valence-electron chi connectivity index (χ0n) is 33.3. The molecular weight excluding hydrogens is 723 g/mol. The van der Waals surface area contributed by atoms with Crippen LogP contribution in [-0.4, -0.2) is 15.0 Å². The summed E-state index contributed by atoms with van der Waals surface area (Å²) < 4.78 is 13.1. The number of furan rings is 2. The van der Waals surface area contributed by atoms with Gasteiger partial charge in [0.25, 0.3) is 0 Å². The van der Waals surface area contributed by atoms with Crippen molar-refractivity contribution in [2.75, 3.05) is 0 Å². The molecule has 2 fully saturated rings. The summed E-state index contributed by atoms with van der Waals surface area (Å²) in [6, 6.07) is 51.3. The molecule has 0 amide bonds. The zero-order valence-corrected chi connectivity index (χ0v) is 33.3. The van der Waals surface area contributed by atoms with E-state index >= 15 is 0 Å². The van der Waals surface area contributed by atoms with Crippen LogP contribution in [0.3, 0.4) is 0 Å². The Morgan fingerprint density at radius 3 is 1.56 bits per heavy atom. The van der Waals surface area contributed by atoms with Gasteiger partial charge in [-0.3, -0.25) is 0 Å². The molecule has 10 aromatic rings. The van der Waals surface area contributed by atoms with Crippen LogP contribution in [0.15, 0.2) is 154 Å². The third kappa shape index (κ3) is 5.55. The van der Waals surface area contributed by atoms with E-state index in [-0.39, 0.29) is 5.41 Å². The minimum atomic E-state index is 0.248. The van der Waals surface area contributed by atoms with Crippen molar-refractivity contribution in [3.05, 3.63) is 151 Å². The average molecular weight is 766 g/mol. The molecular formula is C54H43N3O2. The molecule has 59 heavy (non-hydrogen) atoms. The molecule has 0 spiro atoms. The van der Waals surface area contributed by atoms with E-state index < -0.39 is 0 Å². The highest BCUT2D eigenvalue weighted by Gasteiger charge is 2.45. The topological polar surface area (TPSA) is 65.0 Å². The number of fused-ring (bicyclic) bond motifs is 9. The van der Waals surface area contributed by atoms with Gasteiger partial charge < -0.3 is 8.83 Å². The van der Waals surface area contributed by atoms with E-state index in [4.69, 9.17) is 23.8 Å². The third-order valence-electron chi connectivity index (χ3n) is 13.5. The van der Waals surface area contributed by atoms with Gasteiger partial charge in [0.2, 0.25) is 0 Å². The molecule has 3 heterocycles. The largest absolute Gasteiger partial charge is 0.455 e. The molecule has 3 aromatic heterocycles. The second kappa shape index (κ2) is 13.2. The van der Waals surface area contributed by atoms with Crippen molar-refractivity contribution >= 4 is 54.6 Å². The average Bonchev–Trinajstić information content (AvgIpc) is 3.84. The number of benzene rings is 7. The predicted octanol–water partition coefficient (Wildman–Crippen LogP) is 14.6. The van der Waals surface area contributed by atoms with Gasteiger partial charge in [0.1, 0.15) is 22.3 Å². The van der Waals surface area contributed by atoms with Crippen molar-refractivity contribution in [1.82, 2.24) is 15.0 Å². The fourth-order valence-corrected chi connectivity index (χ4v) is 11.4. The molecule has 2 aliphatic carbocycles. The molecule has 2 atom stereocenters. The summed E-state index contributed by atoms with van der Waals surface area (Å²) in [6.45, 7) is 4.91. The minimum Gasteiger partial charge on any atom is -0.455 e. The standard InChI is InChI=1S/C54H43N3O2/c1-32-27-34-28-33(2)30-54(29-32,31-34)36-23-21-35(22-24-36)51-55-52(57-53(56-51)46-18-10-17-44-41-14-6-8-20-48(41)59-50(44)46)45-26-25-39(37-11-3-4-12-38(37)45)42-15-9-16-43-40-13-5-7-19-47(40)58-49(42)43/h3-26,32-34H,27-31H2,1-2H3. The van der Waals surface area contributed by atoms with Gasteiger partial charge in [-0.15, -0.1) is 0 Å². The minimum absolute atomic E-state index is 0.248. The molecule has 5 heteroatoms. The van der Waals surface area contributed by atoms with Gasteiger partial charge in [0.15, 0.2) is 17.5 Å². The maximum Gasteiger partial charge on any atom is 0.167 e. The van der Waals surface area contributed by atoms with Crippen molar-refractivity contribution in [2.45, 2.75) is 51.4 Å². The van der Waals surface area contributed by atoms with Crippen LogP contribution in [0.1, 0.15) is 51.5 Å². The molecule has 0 N–H and O–H groups in total. The summed E-state index contributed by atoms with van der Waals surface area (Å²) in [5.74, 6) is 4.18. The van der Waals surface area contributed by atoms with Crippen LogP contribution >= 0.6 is 0 Å². The zero-order chi connectivity index (χ0) is 39.2. The van der Waals surface area contributed by atoms with E-state index in [0.29, 0.717) is 17.5 Å². The molecule has 2 unspecified atom stereocenters. The molecule has 0 radical (unpaired) electrons. The van der Waals surface area contributed by atoms with Gasteiger partial charge in [0.05, 0.1) is 5.56 Å². The van der Waals surface area contributed by atoms with Crippen LogP contribution in [0.5, 0.6) is 0 Å². The van der Waals surface area contributed by atoms with E-state index in [1.807, 2.05) is 24.3 Å². The van der Waals surface area contributed by atoms with Gasteiger partial charge in [-0.1, -0.05) is 135 Å². The second-order valence-corrected chi connectivity index (χ2v) is 17.6. The number of hydrogen-bond acceptors (Lipinski definition) is 5. The lowest BCUT2D eigenvalue weighted by atomic mass is 9.54. The molecule has 2 saturated carbocycles. The molecule has 5 nitrogen and oxygen atoms in total. The number of para-hydroxylation sites is 4. The molecule has 2 aliphatic rings. The molecule has 0 saturated heterocycles. The van der Waals surface area contributed by atoms with E-state index in [1.165, 1.54) is 37.7 Å². The van der Waals surface area contributed by atoms with Crippen LogP contribution in [-0.2, 0) is 5.41 Å². The lowest BCUT2D eigenvalue weighted by Gasteiger charge is -2.50. The van der Waals surface area contributed by atoms with Crippen LogP contribution in [0.4, 0.5) is 0 Å². The van der Waals surface area contributed by atoms with Crippen molar-refractivity contribution in [3.8, 4) is 45.3 Å². The third-order valence-corrected chi connectivity index (χ3v) is 13.5. The summed E-state index contributed by atoms with van der Waals surface area (Å²) in [7, 11) is 0. The predicted molar refractivity (Wildman–Crippen MR) is 240 cm³/mol.